The summed E-state index contributed by atoms with van der Waals surface area (Å²) in [5, 5.41) is 2.96. The van der Waals surface area contributed by atoms with E-state index in [1.807, 2.05) is 0 Å². The lowest BCUT2D eigenvalue weighted by Crippen LogP contribution is -2.82. The van der Waals surface area contributed by atoms with Gasteiger partial charge in [0.15, 0.2) is 11.6 Å². The van der Waals surface area contributed by atoms with E-state index in [9.17, 15) is 19.2 Å². The monoisotopic (exact) mass is 366 g/mol. The average molecular weight is 366 g/mol. The third kappa shape index (κ3) is 3.11. The predicted molar refractivity (Wildman–Crippen MR) is 90.3 cm³/mol. The molecule has 4 heterocycles. The summed E-state index contributed by atoms with van der Waals surface area (Å²) in [5.41, 5.74) is -1.55. The van der Waals surface area contributed by atoms with E-state index < -0.39 is 53.3 Å². The Balaban J connectivity index is 1.97. The lowest BCUT2D eigenvalue weighted by atomic mass is 9.67. The second kappa shape index (κ2) is 5.77. The first-order valence-corrected chi connectivity index (χ1v) is 8.88. The molecule has 0 aromatic heterocycles. The Kier molecular flexibility index (Phi) is 4.18. The molecule has 26 heavy (non-hydrogen) atoms. The number of Topliss-reactive ketones (excluding diaryl/α,β-unsaturated/α-hetero) is 2. The summed E-state index contributed by atoms with van der Waals surface area (Å²) < 4.78 is 10.8. The molecule has 8 nitrogen and oxygen atoms in total. The Labute approximate surface area is 152 Å². The Bertz CT molecular complexity index is 624. The molecule has 5 unspecified atom stereocenters. The van der Waals surface area contributed by atoms with Crippen LogP contribution in [-0.2, 0) is 23.9 Å². The van der Waals surface area contributed by atoms with Crippen LogP contribution in [-0.4, -0.2) is 63.9 Å². The summed E-state index contributed by atoms with van der Waals surface area (Å²) in [6.45, 7) is 10.3. The van der Waals surface area contributed by atoms with E-state index >= 15 is 0 Å². The first-order chi connectivity index (χ1) is 11.8. The molecule has 1 N–H and O–H groups in total. The Morgan fingerprint density at radius 2 is 1.58 bits per heavy atom. The molecule has 1 amide bonds. The first-order valence-electron chi connectivity index (χ1n) is 8.88. The van der Waals surface area contributed by atoms with E-state index in [4.69, 9.17) is 9.47 Å². The van der Waals surface area contributed by atoms with Crippen molar-refractivity contribution in [3.05, 3.63) is 0 Å². The van der Waals surface area contributed by atoms with Crippen molar-refractivity contribution in [1.29, 1.82) is 0 Å². The van der Waals surface area contributed by atoms with Gasteiger partial charge in [0.25, 0.3) is 0 Å². The maximum atomic E-state index is 12.8. The number of hydrogen-bond donors (Lipinski definition) is 1. The zero-order valence-electron chi connectivity index (χ0n) is 16.0. The van der Waals surface area contributed by atoms with Crippen molar-refractivity contribution in [1.82, 2.24) is 10.2 Å². The maximum Gasteiger partial charge on any atom is 0.411 e. The van der Waals surface area contributed by atoms with Crippen molar-refractivity contribution < 1.29 is 28.7 Å². The highest BCUT2D eigenvalue weighted by molar-refractivity contribution is 6.08. The number of carbonyl (C=O) groups is 4. The van der Waals surface area contributed by atoms with E-state index in [-0.39, 0.29) is 18.0 Å². The highest BCUT2D eigenvalue weighted by Gasteiger charge is 2.65. The van der Waals surface area contributed by atoms with Crippen molar-refractivity contribution in [2.75, 3.05) is 0 Å². The van der Waals surface area contributed by atoms with Crippen molar-refractivity contribution >= 4 is 23.6 Å². The number of hydrogen-bond acceptors (Lipinski definition) is 7. The highest BCUT2D eigenvalue weighted by atomic mass is 16.6. The molecule has 0 aromatic rings. The smallest absolute Gasteiger partial charge is 0.411 e. The van der Waals surface area contributed by atoms with Gasteiger partial charge in [-0.15, -0.1) is 0 Å². The number of nitrogens with one attached hydrogen (secondary N) is 1. The Hall–Kier alpha value is -1.96. The van der Waals surface area contributed by atoms with Gasteiger partial charge in [0, 0.05) is 0 Å². The van der Waals surface area contributed by atoms with Crippen molar-refractivity contribution in [2.24, 2.45) is 5.92 Å². The first kappa shape index (κ1) is 18.8. The van der Waals surface area contributed by atoms with Crippen LogP contribution in [0.2, 0.25) is 0 Å². The molecule has 0 aliphatic carbocycles. The number of esters is 1. The third-order valence-corrected chi connectivity index (χ3v) is 4.73. The molecule has 0 saturated carbocycles. The molecule has 0 radical (unpaired) electrons. The van der Waals surface area contributed by atoms with Crippen LogP contribution in [0.1, 0.15) is 48.0 Å². The molecule has 4 bridgehead atoms. The number of rotatable bonds is 1. The fourth-order valence-electron chi connectivity index (χ4n) is 3.90. The van der Waals surface area contributed by atoms with E-state index in [0.29, 0.717) is 0 Å². The molecule has 5 atom stereocenters. The van der Waals surface area contributed by atoms with Gasteiger partial charge in [-0.1, -0.05) is 0 Å². The van der Waals surface area contributed by atoms with Gasteiger partial charge in [-0.05, 0) is 48.0 Å². The molecule has 4 saturated heterocycles. The van der Waals surface area contributed by atoms with Crippen molar-refractivity contribution in [3.63, 3.8) is 0 Å². The molecule has 0 aromatic carbocycles. The lowest BCUT2D eigenvalue weighted by Gasteiger charge is -2.56. The molecule has 144 valence electrons. The molecule has 4 fully saturated rings. The summed E-state index contributed by atoms with van der Waals surface area (Å²) in [5.74, 6) is -2.26. The fourth-order valence-corrected chi connectivity index (χ4v) is 3.90. The number of ether oxygens (including phenoxy) is 2. The van der Waals surface area contributed by atoms with Crippen LogP contribution < -0.4 is 5.32 Å². The van der Waals surface area contributed by atoms with Gasteiger partial charge in [0.05, 0.1) is 18.1 Å². The minimum atomic E-state index is -1.06. The number of nitrogens with zero attached hydrogens (tertiary/aromatic N) is 1. The van der Waals surface area contributed by atoms with E-state index in [0.717, 1.165) is 0 Å². The zero-order chi connectivity index (χ0) is 19.6. The van der Waals surface area contributed by atoms with Gasteiger partial charge in [0.1, 0.15) is 23.2 Å². The van der Waals surface area contributed by atoms with Crippen molar-refractivity contribution in [3.8, 4) is 0 Å². The van der Waals surface area contributed by atoms with Crippen molar-refractivity contribution in [2.45, 2.75) is 83.3 Å². The van der Waals surface area contributed by atoms with Gasteiger partial charge in [-0.3, -0.25) is 24.6 Å². The van der Waals surface area contributed by atoms with Crippen LogP contribution in [0.3, 0.4) is 0 Å². The van der Waals surface area contributed by atoms with Crippen LogP contribution in [0.5, 0.6) is 0 Å². The van der Waals surface area contributed by atoms with Crippen LogP contribution in [0, 0.1) is 5.92 Å². The van der Waals surface area contributed by atoms with Gasteiger partial charge in [-0.2, -0.15) is 0 Å². The summed E-state index contributed by atoms with van der Waals surface area (Å²) in [4.78, 5) is 52.3. The Morgan fingerprint density at radius 1 is 1.00 bits per heavy atom. The minimum absolute atomic E-state index is 0.213. The van der Waals surface area contributed by atoms with Crippen LogP contribution in [0.15, 0.2) is 0 Å². The normalized spacial score (nSPS) is 33.5. The molecule has 0 spiro atoms. The van der Waals surface area contributed by atoms with E-state index in [1.54, 1.807) is 41.5 Å². The summed E-state index contributed by atoms with van der Waals surface area (Å²) in [6, 6.07) is -3.12. The number of ketones is 2. The van der Waals surface area contributed by atoms with Gasteiger partial charge < -0.3 is 9.47 Å². The van der Waals surface area contributed by atoms with E-state index in [1.165, 1.54) is 4.90 Å². The summed E-state index contributed by atoms with van der Waals surface area (Å²) in [6.07, 6.45) is -0.535. The largest absolute Gasteiger partial charge is 0.460 e. The van der Waals surface area contributed by atoms with Gasteiger partial charge >= 0.3 is 12.1 Å². The molecule has 4 aliphatic rings. The average Bonchev–Trinajstić information content (AvgIpc) is 2.41. The van der Waals surface area contributed by atoms with E-state index in [2.05, 4.69) is 5.32 Å². The number of carbonyl (C=O) groups excluding carboxylic acids is 4. The minimum Gasteiger partial charge on any atom is -0.460 e. The maximum absolute atomic E-state index is 12.8. The molecular weight excluding hydrogens is 340 g/mol. The molecule has 8 heteroatoms. The fraction of sp³-hybridized carbons (Fsp3) is 0.778. The molecular formula is C18H26N2O6. The summed E-state index contributed by atoms with van der Waals surface area (Å²) in [7, 11) is 0. The van der Waals surface area contributed by atoms with Crippen LogP contribution in [0.4, 0.5) is 4.79 Å². The number of amides is 1. The predicted octanol–water partition coefficient (Wildman–Crippen LogP) is 0.815. The summed E-state index contributed by atoms with van der Waals surface area (Å²) >= 11 is 0. The highest BCUT2D eigenvalue weighted by Crippen LogP contribution is 2.40. The second-order valence-corrected chi connectivity index (χ2v) is 9.14. The Morgan fingerprint density at radius 3 is 2.12 bits per heavy atom. The lowest BCUT2D eigenvalue weighted by molar-refractivity contribution is -0.179. The molecule has 4 rings (SSSR count). The van der Waals surface area contributed by atoms with Gasteiger partial charge in [0.2, 0.25) is 0 Å². The molecule has 4 aliphatic heterocycles. The quantitative estimate of drug-likeness (QED) is 0.685. The third-order valence-electron chi connectivity index (χ3n) is 4.73. The second-order valence-electron chi connectivity index (χ2n) is 9.14. The topological polar surface area (TPSA) is 102 Å². The standard InChI is InChI=1S/C18H26N2O6/c1-17(2,3)25-15(23)10-11-14(22)9-7-8(19-11)13(21)12(10)20(9)16(24)26-18(4,5)6/h8-12,19H,7H2,1-6H3. The van der Waals surface area contributed by atoms with Crippen LogP contribution >= 0.6 is 0 Å². The van der Waals surface area contributed by atoms with Gasteiger partial charge in [-0.25, -0.2) is 4.79 Å². The zero-order valence-corrected chi connectivity index (χ0v) is 16.0. The number of piperidine rings is 4. The SMILES string of the molecule is CC(C)(C)OC(=O)C1C2NC3CC(C2=O)N(C(=O)OC(C)(C)C)C1C3=O. The van der Waals surface area contributed by atoms with Crippen LogP contribution in [0.25, 0.3) is 0 Å².